The van der Waals surface area contributed by atoms with Crippen LogP contribution in [0.3, 0.4) is 0 Å². The molecule has 0 aliphatic heterocycles. The van der Waals surface area contributed by atoms with Crippen LogP contribution in [-0.2, 0) is 6.54 Å². The Morgan fingerprint density at radius 3 is 2.65 bits per heavy atom. The number of nitrogens with one attached hydrogen (secondary N) is 2. The van der Waals surface area contributed by atoms with Crippen LogP contribution in [0.25, 0.3) is 0 Å². The molecule has 2 N–H and O–H groups in total. The maximum Gasteiger partial charge on any atom is 0.176 e. The van der Waals surface area contributed by atoms with E-state index in [1.807, 2.05) is 13.0 Å². The Morgan fingerprint density at radius 2 is 1.92 bits per heavy atom. The predicted octanol–water partition coefficient (Wildman–Crippen LogP) is 5.49. The van der Waals surface area contributed by atoms with Crippen LogP contribution in [0, 0.1) is 12.7 Å². The molecular weight excluding hydrogens is 394 g/mol. The lowest BCUT2D eigenvalue weighted by molar-refractivity contribution is 0.581. The van der Waals surface area contributed by atoms with Crippen LogP contribution < -0.4 is 10.6 Å². The van der Waals surface area contributed by atoms with Crippen LogP contribution in [0.1, 0.15) is 11.3 Å². The van der Waals surface area contributed by atoms with Crippen LogP contribution in [0.5, 0.6) is 0 Å². The highest BCUT2D eigenvalue weighted by Crippen LogP contribution is 2.25. The molecule has 8 heteroatoms. The minimum atomic E-state index is -0.258. The van der Waals surface area contributed by atoms with Crippen molar-refractivity contribution in [1.82, 2.24) is 9.78 Å². The summed E-state index contributed by atoms with van der Waals surface area (Å²) < 4.78 is 15.5. The van der Waals surface area contributed by atoms with Crippen molar-refractivity contribution in [2.45, 2.75) is 13.5 Å². The summed E-state index contributed by atoms with van der Waals surface area (Å²) >= 11 is 17.3. The number of hydrogen-bond acceptors (Lipinski definition) is 2. The van der Waals surface area contributed by atoms with Gasteiger partial charge in [0.2, 0.25) is 0 Å². The topological polar surface area (TPSA) is 41.9 Å². The molecule has 3 aromatic rings. The summed E-state index contributed by atoms with van der Waals surface area (Å²) in [4.78, 5) is 0. The molecule has 134 valence electrons. The number of hydrogen-bond donors (Lipinski definition) is 2. The Morgan fingerprint density at radius 1 is 1.15 bits per heavy atom. The molecule has 26 heavy (non-hydrogen) atoms. The molecule has 3 rings (SSSR count). The Labute approximate surface area is 165 Å². The lowest BCUT2D eigenvalue weighted by atomic mass is 10.2. The summed E-state index contributed by atoms with van der Waals surface area (Å²) in [5, 5.41) is 11.8. The van der Waals surface area contributed by atoms with Crippen LogP contribution in [-0.4, -0.2) is 14.9 Å². The van der Waals surface area contributed by atoms with Gasteiger partial charge in [-0.2, -0.15) is 5.10 Å². The Balaban J connectivity index is 1.69. The Hall–Kier alpha value is -2.15. The summed E-state index contributed by atoms with van der Waals surface area (Å²) in [6.07, 6.45) is 0. The number of thiocarbonyl (C=S) groups is 1. The second-order valence-electron chi connectivity index (χ2n) is 5.62. The van der Waals surface area contributed by atoms with Gasteiger partial charge in [0.15, 0.2) is 10.9 Å². The lowest BCUT2D eigenvalue weighted by Crippen LogP contribution is -2.19. The maximum absolute atomic E-state index is 13.8. The fourth-order valence-corrected chi connectivity index (χ4v) is 3.05. The normalized spacial score (nSPS) is 10.6. The summed E-state index contributed by atoms with van der Waals surface area (Å²) in [5.74, 6) is 0.299. The summed E-state index contributed by atoms with van der Waals surface area (Å²) in [6.45, 7) is 2.23. The molecule has 0 spiro atoms. The first-order valence-electron chi connectivity index (χ1n) is 7.73. The smallest absolute Gasteiger partial charge is 0.176 e. The van der Waals surface area contributed by atoms with E-state index in [1.54, 1.807) is 41.1 Å². The highest BCUT2D eigenvalue weighted by molar-refractivity contribution is 7.80. The molecule has 0 bridgehead atoms. The minimum Gasteiger partial charge on any atom is -0.331 e. The molecule has 0 fully saturated rings. The first-order chi connectivity index (χ1) is 12.4. The van der Waals surface area contributed by atoms with Crippen molar-refractivity contribution in [2.24, 2.45) is 0 Å². The molecule has 4 nitrogen and oxygen atoms in total. The van der Waals surface area contributed by atoms with E-state index in [9.17, 15) is 4.39 Å². The zero-order chi connectivity index (χ0) is 18.7. The van der Waals surface area contributed by atoms with Gasteiger partial charge in [0.25, 0.3) is 0 Å². The van der Waals surface area contributed by atoms with Gasteiger partial charge in [0.1, 0.15) is 5.82 Å². The molecule has 0 aliphatic carbocycles. The highest BCUT2D eigenvalue weighted by Gasteiger charge is 2.10. The maximum atomic E-state index is 13.8. The van der Waals surface area contributed by atoms with Gasteiger partial charge in [0, 0.05) is 22.3 Å². The SMILES string of the molecule is Cc1cc(NC(=S)Nc2ccc(Cl)cc2Cl)nn1Cc1ccccc1F. The number of aryl methyl sites for hydroxylation is 1. The third-order valence-electron chi connectivity index (χ3n) is 3.68. The third-order valence-corrected chi connectivity index (χ3v) is 4.43. The van der Waals surface area contributed by atoms with Gasteiger partial charge in [-0.3, -0.25) is 4.68 Å². The van der Waals surface area contributed by atoms with E-state index >= 15 is 0 Å². The van der Waals surface area contributed by atoms with E-state index in [0.717, 1.165) is 5.69 Å². The van der Waals surface area contributed by atoms with Gasteiger partial charge in [-0.05, 0) is 43.4 Å². The number of anilines is 2. The summed E-state index contributed by atoms with van der Waals surface area (Å²) in [7, 11) is 0. The zero-order valence-corrected chi connectivity index (χ0v) is 16.1. The van der Waals surface area contributed by atoms with E-state index in [2.05, 4.69) is 15.7 Å². The molecule has 0 saturated heterocycles. The zero-order valence-electron chi connectivity index (χ0n) is 13.8. The van der Waals surface area contributed by atoms with E-state index in [0.29, 0.717) is 38.8 Å². The molecule has 0 saturated carbocycles. The quantitative estimate of drug-likeness (QED) is 0.559. The van der Waals surface area contributed by atoms with E-state index < -0.39 is 0 Å². The van der Waals surface area contributed by atoms with Crippen molar-refractivity contribution in [3.05, 3.63) is 75.7 Å². The molecular formula is C18H15Cl2FN4S. The number of nitrogens with zero attached hydrogens (tertiary/aromatic N) is 2. The molecule has 1 heterocycles. The predicted molar refractivity (Wildman–Crippen MR) is 109 cm³/mol. The first-order valence-corrected chi connectivity index (χ1v) is 8.89. The third kappa shape index (κ3) is 4.52. The van der Waals surface area contributed by atoms with Crippen molar-refractivity contribution in [1.29, 1.82) is 0 Å². The number of benzene rings is 2. The summed E-state index contributed by atoms with van der Waals surface area (Å²) in [5.41, 5.74) is 2.08. The van der Waals surface area contributed by atoms with Gasteiger partial charge in [-0.25, -0.2) is 4.39 Å². The van der Waals surface area contributed by atoms with Crippen LogP contribution >= 0.6 is 35.4 Å². The fourth-order valence-electron chi connectivity index (χ4n) is 2.38. The standard InChI is InChI=1S/C18H15Cl2FN4S/c1-11-8-17(24-25(11)10-12-4-2-3-5-15(12)21)23-18(26)22-16-7-6-13(19)9-14(16)20/h2-9H,10H2,1H3,(H2,22,23,24,26). The van der Waals surface area contributed by atoms with Gasteiger partial charge >= 0.3 is 0 Å². The van der Waals surface area contributed by atoms with Crippen LogP contribution in [0.2, 0.25) is 10.0 Å². The lowest BCUT2D eigenvalue weighted by Gasteiger charge is -2.10. The van der Waals surface area contributed by atoms with Crippen molar-refractivity contribution in [2.75, 3.05) is 10.6 Å². The molecule has 0 atom stereocenters. The van der Waals surface area contributed by atoms with E-state index in [4.69, 9.17) is 35.4 Å². The first kappa shape index (κ1) is 18.6. The Bertz CT molecular complexity index is 958. The van der Waals surface area contributed by atoms with Crippen LogP contribution in [0.15, 0.2) is 48.5 Å². The van der Waals surface area contributed by atoms with Crippen molar-refractivity contribution in [3.8, 4) is 0 Å². The minimum absolute atomic E-state index is 0.258. The van der Waals surface area contributed by atoms with Gasteiger partial charge in [-0.1, -0.05) is 41.4 Å². The monoisotopic (exact) mass is 408 g/mol. The average molecular weight is 409 g/mol. The van der Waals surface area contributed by atoms with Gasteiger partial charge in [0.05, 0.1) is 17.3 Å². The molecule has 0 aliphatic rings. The molecule has 0 radical (unpaired) electrons. The van der Waals surface area contributed by atoms with Gasteiger partial charge < -0.3 is 10.6 Å². The van der Waals surface area contributed by atoms with Crippen molar-refractivity contribution in [3.63, 3.8) is 0 Å². The molecule has 0 amide bonds. The van der Waals surface area contributed by atoms with Crippen molar-refractivity contribution >= 4 is 52.0 Å². The van der Waals surface area contributed by atoms with E-state index in [1.165, 1.54) is 6.07 Å². The number of rotatable bonds is 4. The number of aromatic nitrogens is 2. The fraction of sp³-hybridized carbons (Fsp3) is 0.111. The average Bonchev–Trinajstić information content (AvgIpc) is 2.91. The molecule has 0 unspecified atom stereocenters. The van der Waals surface area contributed by atoms with E-state index in [-0.39, 0.29) is 5.82 Å². The second-order valence-corrected chi connectivity index (χ2v) is 6.88. The molecule has 2 aromatic carbocycles. The van der Waals surface area contributed by atoms with Crippen LogP contribution in [0.4, 0.5) is 15.9 Å². The van der Waals surface area contributed by atoms with Gasteiger partial charge in [-0.15, -0.1) is 0 Å². The van der Waals surface area contributed by atoms with Crippen molar-refractivity contribution < 1.29 is 4.39 Å². The largest absolute Gasteiger partial charge is 0.331 e. The summed E-state index contributed by atoms with van der Waals surface area (Å²) in [6, 6.07) is 13.5. The second kappa shape index (κ2) is 8.03. The molecule has 1 aromatic heterocycles. The highest BCUT2D eigenvalue weighted by atomic mass is 35.5. The Kier molecular flexibility index (Phi) is 5.76. The number of halogens is 3.